The molecule has 0 saturated carbocycles. The van der Waals surface area contributed by atoms with Crippen LogP contribution in [0, 0.1) is 0 Å². The molecule has 0 aliphatic rings. The van der Waals surface area contributed by atoms with E-state index in [1.54, 1.807) is 0 Å². The zero-order chi connectivity index (χ0) is 52.2. The number of ether oxygens (including phenoxy) is 1. The van der Waals surface area contributed by atoms with Gasteiger partial charge in [0, 0.05) is 12.8 Å². The first-order valence-electron chi connectivity index (χ1n) is 32.6. The molecule has 0 aromatic carbocycles. The summed E-state index contributed by atoms with van der Waals surface area (Å²) < 4.78 is 5.48. The van der Waals surface area contributed by atoms with Crippen LogP contribution in [0.2, 0.25) is 0 Å². The van der Waals surface area contributed by atoms with Crippen LogP contribution in [-0.2, 0) is 14.3 Å². The van der Waals surface area contributed by atoms with Gasteiger partial charge >= 0.3 is 5.97 Å². The van der Waals surface area contributed by atoms with Gasteiger partial charge in [-0.2, -0.15) is 0 Å². The summed E-state index contributed by atoms with van der Waals surface area (Å²) in [6, 6.07) is -0.540. The maximum Gasteiger partial charge on any atom is 0.305 e. The van der Waals surface area contributed by atoms with Gasteiger partial charge in [0.15, 0.2) is 0 Å². The Bertz CT molecular complexity index is 1120. The zero-order valence-corrected chi connectivity index (χ0v) is 48.7. The molecule has 0 fully saturated rings. The van der Waals surface area contributed by atoms with E-state index in [0.717, 1.165) is 51.4 Å². The van der Waals surface area contributed by atoms with Crippen molar-refractivity contribution in [2.24, 2.45) is 0 Å². The number of hydrogen-bond acceptors (Lipinski definition) is 5. The fourth-order valence-electron chi connectivity index (χ4n) is 10.3. The number of rotatable bonds is 61. The van der Waals surface area contributed by atoms with Crippen LogP contribution in [0.25, 0.3) is 0 Å². The number of esters is 1. The van der Waals surface area contributed by atoms with Gasteiger partial charge in [0.25, 0.3) is 0 Å². The van der Waals surface area contributed by atoms with E-state index in [0.29, 0.717) is 25.9 Å². The average molecular weight is 1010 g/mol. The van der Waals surface area contributed by atoms with Gasteiger partial charge in [-0.05, 0) is 57.8 Å². The monoisotopic (exact) mass is 1010 g/mol. The van der Waals surface area contributed by atoms with Gasteiger partial charge in [0.1, 0.15) is 0 Å². The minimum absolute atomic E-state index is 0.00196. The molecular weight excluding hydrogens is 887 g/mol. The van der Waals surface area contributed by atoms with Crippen molar-refractivity contribution in [3.63, 3.8) is 0 Å². The second-order valence-corrected chi connectivity index (χ2v) is 22.5. The lowest BCUT2D eigenvalue weighted by Crippen LogP contribution is -2.45. The normalized spacial score (nSPS) is 12.7. The van der Waals surface area contributed by atoms with Gasteiger partial charge in [-0.15, -0.1) is 0 Å². The van der Waals surface area contributed by atoms with Crippen LogP contribution < -0.4 is 5.32 Å². The van der Waals surface area contributed by atoms with E-state index in [-0.39, 0.29) is 18.5 Å². The summed E-state index contributed by atoms with van der Waals surface area (Å²) in [6.07, 6.45) is 76.2. The molecule has 0 unspecified atom stereocenters. The summed E-state index contributed by atoms with van der Waals surface area (Å²) in [5.41, 5.74) is 0. The van der Waals surface area contributed by atoms with Gasteiger partial charge in [0.05, 0.1) is 25.4 Å². The second kappa shape index (κ2) is 61.9. The highest BCUT2D eigenvalue weighted by molar-refractivity contribution is 5.76. The van der Waals surface area contributed by atoms with Gasteiger partial charge in [-0.3, -0.25) is 9.59 Å². The first kappa shape index (κ1) is 70.3. The minimum atomic E-state index is -0.663. The first-order chi connectivity index (χ1) is 35.5. The topological polar surface area (TPSA) is 95.9 Å². The van der Waals surface area contributed by atoms with E-state index in [9.17, 15) is 19.8 Å². The number of amides is 1. The van der Waals surface area contributed by atoms with Crippen molar-refractivity contribution in [1.82, 2.24) is 5.32 Å². The van der Waals surface area contributed by atoms with Gasteiger partial charge in [-0.1, -0.05) is 314 Å². The van der Waals surface area contributed by atoms with Crippen molar-refractivity contribution >= 4 is 11.9 Å². The highest BCUT2D eigenvalue weighted by atomic mass is 16.5. The smallest absolute Gasteiger partial charge is 0.305 e. The molecule has 6 nitrogen and oxygen atoms in total. The van der Waals surface area contributed by atoms with Gasteiger partial charge in [0.2, 0.25) is 5.91 Å². The fraction of sp³-hybridized carbons (Fsp3) is 0.909. The van der Waals surface area contributed by atoms with Crippen LogP contribution >= 0.6 is 0 Å². The molecule has 0 spiro atoms. The maximum atomic E-state index is 12.5. The number of hydrogen-bond donors (Lipinski definition) is 3. The summed E-state index contributed by atoms with van der Waals surface area (Å²) in [4.78, 5) is 24.6. The molecule has 0 saturated heterocycles. The Morgan fingerprint density at radius 2 is 0.694 bits per heavy atom. The Hall–Kier alpha value is -1.66. The molecule has 0 heterocycles. The number of aliphatic hydroxyl groups excluding tert-OH is 2. The van der Waals surface area contributed by atoms with E-state index in [1.807, 2.05) is 0 Å². The Balaban J connectivity index is 3.36. The van der Waals surface area contributed by atoms with Crippen LogP contribution in [0.4, 0.5) is 0 Å². The molecule has 0 bridgehead atoms. The molecule has 0 aromatic rings. The highest BCUT2D eigenvalue weighted by Gasteiger charge is 2.20. The molecule has 0 aromatic heterocycles. The van der Waals surface area contributed by atoms with E-state index in [1.165, 1.54) is 276 Å². The number of nitrogens with one attached hydrogen (secondary N) is 1. The number of allylic oxidation sites excluding steroid dienone is 4. The second-order valence-electron chi connectivity index (χ2n) is 22.5. The molecule has 426 valence electrons. The predicted octanol–water partition coefficient (Wildman–Crippen LogP) is 20.6. The fourth-order valence-corrected chi connectivity index (χ4v) is 10.3. The quantitative estimate of drug-likeness (QED) is 0.0320. The van der Waals surface area contributed by atoms with Gasteiger partial charge in [-0.25, -0.2) is 0 Å². The number of carbonyl (C=O) groups is 2. The Kier molecular flexibility index (Phi) is 60.5. The van der Waals surface area contributed by atoms with Crippen molar-refractivity contribution in [2.75, 3.05) is 13.2 Å². The summed E-state index contributed by atoms with van der Waals surface area (Å²) in [5.74, 6) is -0.0293. The third kappa shape index (κ3) is 57.6. The van der Waals surface area contributed by atoms with Crippen LogP contribution in [0.15, 0.2) is 24.3 Å². The molecule has 0 aliphatic carbocycles. The van der Waals surface area contributed by atoms with Crippen molar-refractivity contribution in [3.8, 4) is 0 Å². The standard InChI is InChI=1S/C66H127NO5/c1-3-5-7-9-11-13-15-17-19-31-34-38-42-46-50-54-58-64(69)63(62-68)67-65(70)59-55-51-47-43-39-35-32-28-26-24-22-20-21-23-25-27-29-33-37-41-45-49-53-57-61-72-66(71)60-56-52-48-44-40-36-30-18-16-14-12-10-8-6-4-2/h12,14,18,30,63-64,68-69H,3-11,13,15-17,19-29,31-62H2,1-2H3,(H,67,70)/b14-12-,30-18-/t63-,64+/m0/s1. The molecule has 72 heavy (non-hydrogen) atoms. The van der Waals surface area contributed by atoms with E-state index < -0.39 is 12.1 Å². The van der Waals surface area contributed by atoms with Crippen LogP contribution in [-0.4, -0.2) is 47.4 Å². The molecule has 3 N–H and O–H groups in total. The highest BCUT2D eigenvalue weighted by Crippen LogP contribution is 2.18. The average Bonchev–Trinajstić information content (AvgIpc) is 3.38. The molecule has 0 radical (unpaired) electrons. The Morgan fingerprint density at radius 3 is 1.08 bits per heavy atom. The minimum Gasteiger partial charge on any atom is -0.466 e. The van der Waals surface area contributed by atoms with E-state index in [4.69, 9.17) is 4.74 Å². The number of carbonyl (C=O) groups excluding carboxylic acids is 2. The molecule has 1 amide bonds. The maximum absolute atomic E-state index is 12.5. The van der Waals surface area contributed by atoms with Crippen LogP contribution in [0.5, 0.6) is 0 Å². The summed E-state index contributed by atoms with van der Waals surface area (Å²) in [7, 11) is 0. The Morgan fingerprint density at radius 1 is 0.389 bits per heavy atom. The molecule has 2 atom stereocenters. The predicted molar refractivity (Wildman–Crippen MR) is 315 cm³/mol. The van der Waals surface area contributed by atoms with Crippen molar-refractivity contribution < 1.29 is 24.5 Å². The summed E-state index contributed by atoms with van der Waals surface area (Å²) >= 11 is 0. The number of aliphatic hydroxyl groups is 2. The van der Waals surface area contributed by atoms with Crippen molar-refractivity contribution in [3.05, 3.63) is 24.3 Å². The summed E-state index contributed by atoms with van der Waals surface area (Å²) in [6.45, 7) is 4.95. The molecular formula is C66H127NO5. The molecule has 0 aliphatic heterocycles. The molecule has 0 rings (SSSR count). The van der Waals surface area contributed by atoms with E-state index >= 15 is 0 Å². The third-order valence-electron chi connectivity index (χ3n) is 15.3. The van der Waals surface area contributed by atoms with Crippen molar-refractivity contribution in [1.29, 1.82) is 0 Å². The lowest BCUT2D eigenvalue weighted by atomic mass is 10.0. The van der Waals surface area contributed by atoms with Crippen LogP contribution in [0.3, 0.4) is 0 Å². The third-order valence-corrected chi connectivity index (χ3v) is 15.3. The molecule has 6 heteroatoms. The summed E-state index contributed by atoms with van der Waals surface area (Å²) in [5, 5.41) is 23.3. The van der Waals surface area contributed by atoms with Crippen LogP contribution in [0.1, 0.15) is 361 Å². The van der Waals surface area contributed by atoms with Crippen molar-refractivity contribution in [2.45, 2.75) is 373 Å². The SMILES string of the molecule is CCCCC/C=C\C/C=C\CCCCCCCC(=O)OCCCCCCCCCCCCCCCCCCCCCCCCCCC(=O)N[C@@H](CO)[C@H](O)CCCCCCCCCCCCCCCCCC. The lowest BCUT2D eigenvalue weighted by molar-refractivity contribution is -0.143. The zero-order valence-electron chi connectivity index (χ0n) is 48.7. The Labute approximate surface area is 450 Å². The number of unbranched alkanes of at least 4 members (excludes halogenated alkanes) is 46. The van der Waals surface area contributed by atoms with E-state index in [2.05, 4.69) is 43.5 Å². The lowest BCUT2D eigenvalue weighted by Gasteiger charge is -2.22. The largest absolute Gasteiger partial charge is 0.466 e. The first-order valence-corrected chi connectivity index (χ1v) is 32.6. The van der Waals surface area contributed by atoms with Gasteiger partial charge < -0.3 is 20.3 Å².